The normalized spacial score (nSPS) is 9.90. The molecule has 154 valence electrons. The van der Waals surface area contributed by atoms with Crippen LogP contribution in [0.15, 0.2) is 60.7 Å². The molecule has 0 saturated heterocycles. The second-order valence-electron chi connectivity index (χ2n) is 7.50. The molecular formula is C24H29Cl3SiTi. The summed E-state index contributed by atoms with van der Waals surface area (Å²) in [6.07, 6.45) is 0. The van der Waals surface area contributed by atoms with Gasteiger partial charge in [-0.1, -0.05) is 112 Å². The molecule has 0 N–H and O–H groups in total. The summed E-state index contributed by atoms with van der Waals surface area (Å²) in [5.41, 5.74) is 7.74. The monoisotopic (exact) mass is 498 g/mol. The van der Waals surface area contributed by atoms with E-state index < -0.39 is 8.80 Å². The van der Waals surface area contributed by atoms with E-state index in [4.69, 9.17) is 0 Å². The Kier molecular flexibility index (Phi) is 14.7. The summed E-state index contributed by atoms with van der Waals surface area (Å²) in [6, 6.07) is 23.5. The first kappa shape index (κ1) is 30.8. The van der Waals surface area contributed by atoms with E-state index in [0.717, 1.165) is 0 Å². The fraction of sp³-hybridized carbons (Fsp3) is 0.292. The third-order valence-corrected chi connectivity index (χ3v) is 8.89. The van der Waals surface area contributed by atoms with Gasteiger partial charge in [0.25, 0.3) is 0 Å². The van der Waals surface area contributed by atoms with Gasteiger partial charge in [-0.2, -0.15) is 27.8 Å². The van der Waals surface area contributed by atoms with Gasteiger partial charge in [-0.25, -0.2) is 0 Å². The van der Waals surface area contributed by atoms with Gasteiger partial charge in [0.2, 0.25) is 0 Å². The van der Waals surface area contributed by atoms with Gasteiger partial charge >= 0.3 is 21.7 Å². The molecule has 0 spiro atoms. The first-order valence-corrected chi connectivity index (χ1v) is 11.3. The third kappa shape index (κ3) is 6.79. The first-order chi connectivity index (χ1) is 12.0. The number of hydrogen-bond acceptors (Lipinski definition) is 0. The van der Waals surface area contributed by atoms with Gasteiger partial charge in [-0.3, -0.25) is 0 Å². The molecular weight excluding hydrogens is 471 g/mol. The van der Waals surface area contributed by atoms with Crippen LogP contribution in [-0.4, -0.2) is 8.80 Å². The van der Waals surface area contributed by atoms with E-state index in [1.807, 2.05) is 0 Å². The summed E-state index contributed by atoms with van der Waals surface area (Å²) in [4.78, 5) is 0. The Labute approximate surface area is 212 Å². The molecule has 0 amide bonds. The average Bonchev–Trinajstić information content (AvgIpc) is 2.85. The standard InChI is InChI=1S/C24H29Si.3ClH.Ti/c1-17(2)24-20(5)18(3)19(4)23(24)16-25(21-12-8-6-9-13-21)22-14-10-7-11-15-22;;;;/h6-15,17,25H,16H2,1-5H3;3*1H;/q-1;;;;+4/p-3. The zero-order valence-corrected chi connectivity index (χ0v) is 22.8. The zero-order chi connectivity index (χ0) is 18.0. The molecule has 5 heteroatoms. The van der Waals surface area contributed by atoms with Gasteiger partial charge in [0, 0.05) is 0 Å². The van der Waals surface area contributed by atoms with Crippen molar-refractivity contribution in [3.05, 3.63) is 88.5 Å². The molecule has 0 radical (unpaired) electrons. The fourth-order valence-corrected chi connectivity index (χ4v) is 7.35. The average molecular weight is 500 g/mol. The number of hydrogen-bond donors (Lipinski definition) is 0. The SMILES string of the molecule is Cc1c(C)c(C(C)C)[c-](C[SiH](c2ccccc2)c2ccccc2)c1C.[Cl-].[Cl-].[Cl-].[Ti+4]. The van der Waals surface area contributed by atoms with Gasteiger partial charge in [0.1, 0.15) is 0 Å². The van der Waals surface area contributed by atoms with E-state index in [9.17, 15) is 0 Å². The van der Waals surface area contributed by atoms with Gasteiger partial charge in [-0.15, -0.1) is 0 Å². The Balaban J connectivity index is 0. The maximum Gasteiger partial charge on any atom is 4.00 e. The van der Waals surface area contributed by atoms with E-state index in [0.29, 0.717) is 5.92 Å². The third-order valence-electron chi connectivity index (χ3n) is 5.70. The van der Waals surface area contributed by atoms with Crippen LogP contribution in [0.5, 0.6) is 0 Å². The Hall–Kier alpha value is -0.409. The van der Waals surface area contributed by atoms with Crippen LogP contribution in [0.25, 0.3) is 0 Å². The molecule has 0 aromatic heterocycles. The quantitative estimate of drug-likeness (QED) is 0.246. The van der Waals surface area contributed by atoms with Gasteiger partial charge in [0.05, 0.1) is 8.80 Å². The van der Waals surface area contributed by atoms with Crippen LogP contribution in [0.2, 0.25) is 0 Å². The van der Waals surface area contributed by atoms with Crippen molar-refractivity contribution in [1.29, 1.82) is 0 Å². The van der Waals surface area contributed by atoms with E-state index in [1.165, 1.54) is 22.7 Å². The summed E-state index contributed by atoms with van der Waals surface area (Å²) in [5, 5.41) is 3.08. The van der Waals surface area contributed by atoms with Crippen LogP contribution in [-0.2, 0) is 27.8 Å². The minimum absolute atomic E-state index is 0. The minimum atomic E-state index is -1.28. The van der Waals surface area contributed by atoms with Crippen LogP contribution in [0.3, 0.4) is 0 Å². The number of rotatable bonds is 5. The van der Waals surface area contributed by atoms with Crippen LogP contribution in [0.4, 0.5) is 0 Å². The fourth-order valence-electron chi connectivity index (χ4n) is 4.19. The molecule has 0 heterocycles. The first-order valence-electron chi connectivity index (χ1n) is 9.35. The molecule has 3 aromatic rings. The molecule has 0 fully saturated rings. The van der Waals surface area contributed by atoms with Gasteiger partial charge < -0.3 is 37.2 Å². The molecule has 0 bridgehead atoms. The topological polar surface area (TPSA) is 0 Å². The zero-order valence-electron chi connectivity index (χ0n) is 17.8. The van der Waals surface area contributed by atoms with Crippen LogP contribution < -0.4 is 47.6 Å². The predicted molar refractivity (Wildman–Crippen MR) is 113 cm³/mol. The van der Waals surface area contributed by atoms with Gasteiger partial charge in [-0.05, 0) is 5.92 Å². The molecule has 0 aliphatic rings. The molecule has 0 saturated carbocycles. The van der Waals surface area contributed by atoms with Crippen LogP contribution >= 0.6 is 0 Å². The molecule has 0 atom stereocenters. The largest absolute Gasteiger partial charge is 4.00 e. The van der Waals surface area contributed by atoms with Crippen molar-refractivity contribution in [2.75, 3.05) is 0 Å². The Morgan fingerprint density at radius 1 is 0.724 bits per heavy atom. The van der Waals surface area contributed by atoms with Crippen molar-refractivity contribution in [3.63, 3.8) is 0 Å². The number of halogens is 3. The molecule has 3 aromatic carbocycles. The minimum Gasteiger partial charge on any atom is -1.00 e. The van der Waals surface area contributed by atoms with Crippen molar-refractivity contribution in [3.8, 4) is 0 Å². The van der Waals surface area contributed by atoms with Crippen LogP contribution in [0.1, 0.15) is 47.6 Å². The Bertz CT molecular complexity index is 806. The summed E-state index contributed by atoms with van der Waals surface area (Å²) >= 11 is 0. The van der Waals surface area contributed by atoms with E-state index >= 15 is 0 Å². The molecule has 0 unspecified atom stereocenters. The van der Waals surface area contributed by atoms with E-state index in [2.05, 4.69) is 95.3 Å². The van der Waals surface area contributed by atoms with Gasteiger partial charge in [0.15, 0.2) is 0 Å². The molecule has 3 rings (SSSR count). The molecule has 0 nitrogen and oxygen atoms in total. The number of benzene rings is 2. The van der Waals surface area contributed by atoms with Crippen molar-refractivity contribution in [1.82, 2.24) is 0 Å². The summed E-state index contributed by atoms with van der Waals surface area (Å²) < 4.78 is 0. The van der Waals surface area contributed by atoms with Crippen molar-refractivity contribution in [2.24, 2.45) is 0 Å². The summed E-state index contributed by atoms with van der Waals surface area (Å²) in [6.45, 7) is 11.6. The Morgan fingerprint density at radius 3 is 1.52 bits per heavy atom. The second-order valence-corrected chi connectivity index (χ2v) is 10.3. The van der Waals surface area contributed by atoms with Crippen molar-refractivity contribution < 1.29 is 58.9 Å². The summed E-state index contributed by atoms with van der Waals surface area (Å²) in [7, 11) is -1.28. The summed E-state index contributed by atoms with van der Waals surface area (Å²) in [5.74, 6) is 0.587. The molecule has 29 heavy (non-hydrogen) atoms. The van der Waals surface area contributed by atoms with Crippen LogP contribution in [0, 0.1) is 20.8 Å². The smallest absolute Gasteiger partial charge is 1.00 e. The predicted octanol–water partition coefficient (Wildman–Crippen LogP) is -4.41. The molecule has 0 aliphatic heterocycles. The second kappa shape index (κ2) is 13.8. The van der Waals surface area contributed by atoms with E-state index in [-0.39, 0.29) is 58.9 Å². The Morgan fingerprint density at radius 2 is 1.14 bits per heavy atom. The maximum atomic E-state index is 2.34. The molecule has 0 aliphatic carbocycles. The van der Waals surface area contributed by atoms with Crippen molar-refractivity contribution in [2.45, 2.75) is 46.6 Å². The maximum absolute atomic E-state index is 2.34. The van der Waals surface area contributed by atoms with E-state index in [1.54, 1.807) is 21.5 Å². The van der Waals surface area contributed by atoms with Crippen molar-refractivity contribution >= 4 is 19.2 Å².